The maximum absolute atomic E-state index is 10.0. The van der Waals surface area contributed by atoms with E-state index in [-0.39, 0.29) is 6.42 Å². The van der Waals surface area contributed by atoms with Gasteiger partial charge in [-0.3, -0.25) is 14.9 Å². The number of carboxylic acid groups (broad SMARTS) is 1. The van der Waals surface area contributed by atoms with Crippen LogP contribution in [0.5, 0.6) is 0 Å². The first-order chi connectivity index (χ1) is 8.63. The lowest BCUT2D eigenvalue weighted by Crippen LogP contribution is -2.49. The van der Waals surface area contributed by atoms with Gasteiger partial charge in [0, 0.05) is 11.3 Å². The molecule has 0 rings (SSSR count). The van der Waals surface area contributed by atoms with Crippen molar-refractivity contribution in [3.63, 3.8) is 0 Å². The number of hydrogen-bond acceptors (Lipinski definition) is 7. The third-order valence-corrected chi connectivity index (χ3v) is 1.57. The Morgan fingerprint density at radius 2 is 1.37 bits per heavy atom. The molecule has 0 aromatic rings. The van der Waals surface area contributed by atoms with Crippen LogP contribution >= 0.6 is 0 Å². The second-order valence-corrected chi connectivity index (χ2v) is 4.04. The van der Waals surface area contributed by atoms with Gasteiger partial charge in [0.1, 0.15) is 19.8 Å². The van der Waals surface area contributed by atoms with Gasteiger partial charge in [0.25, 0.3) is 5.54 Å². The lowest BCUT2D eigenvalue weighted by atomic mass is 10.1. The lowest BCUT2D eigenvalue weighted by molar-refractivity contribution is -0.580. The van der Waals surface area contributed by atoms with E-state index in [1.165, 1.54) is 0 Å². The number of aliphatic hydroxyl groups excluding tert-OH is 3. The van der Waals surface area contributed by atoms with Crippen molar-refractivity contribution in [2.45, 2.75) is 18.9 Å². The molecule has 0 heterocycles. The Bertz CT molecular complexity index is 231. The number of aliphatic hydroxyl groups is 3. The molecule has 0 spiro atoms. The smallest absolute Gasteiger partial charge is 0.303 e. The molecule has 4 N–H and O–H groups in total. The van der Waals surface area contributed by atoms with Gasteiger partial charge in [0.2, 0.25) is 0 Å². The molecular formula is C10H24N2O7. The van der Waals surface area contributed by atoms with Gasteiger partial charge in [0.05, 0.1) is 0 Å². The van der Waals surface area contributed by atoms with Crippen molar-refractivity contribution in [1.82, 2.24) is 4.90 Å². The minimum absolute atomic E-state index is 0.222. The van der Waals surface area contributed by atoms with E-state index in [0.29, 0.717) is 0 Å². The molecule has 0 aromatic heterocycles. The summed E-state index contributed by atoms with van der Waals surface area (Å²) >= 11 is 0. The molecule has 0 aliphatic rings. The van der Waals surface area contributed by atoms with E-state index in [9.17, 15) is 14.9 Å². The molecule has 0 aromatic carbocycles. The molecule has 116 valence electrons. The zero-order chi connectivity index (χ0) is 16.1. The Balaban J connectivity index is -0.000000238. The fourth-order valence-corrected chi connectivity index (χ4v) is 0.323. The second-order valence-electron chi connectivity index (χ2n) is 4.04. The quantitative estimate of drug-likeness (QED) is 0.358. The molecule has 0 fully saturated rings. The summed E-state index contributed by atoms with van der Waals surface area (Å²) in [5.41, 5.74) is -1.99. The van der Waals surface area contributed by atoms with Gasteiger partial charge in [-0.15, -0.1) is 0 Å². The molecule has 0 saturated carbocycles. The van der Waals surface area contributed by atoms with Gasteiger partial charge < -0.3 is 25.3 Å². The summed E-state index contributed by atoms with van der Waals surface area (Å²) < 4.78 is 0. The summed E-state index contributed by atoms with van der Waals surface area (Å²) in [6, 6.07) is 0. The van der Waals surface area contributed by atoms with Gasteiger partial charge >= 0.3 is 5.97 Å². The minimum Gasteiger partial charge on any atom is -0.481 e. The van der Waals surface area contributed by atoms with E-state index in [0.717, 1.165) is 0 Å². The van der Waals surface area contributed by atoms with Crippen LogP contribution in [0.25, 0.3) is 0 Å². The van der Waals surface area contributed by atoms with Gasteiger partial charge in [-0.1, -0.05) is 6.92 Å². The van der Waals surface area contributed by atoms with Crippen molar-refractivity contribution in [1.29, 1.82) is 0 Å². The van der Waals surface area contributed by atoms with Crippen molar-refractivity contribution >= 4 is 5.97 Å². The Morgan fingerprint density at radius 1 is 1.16 bits per heavy atom. The van der Waals surface area contributed by atoms with E-state index >= 15 is 0 Å². The average Bonchev–Trinajstić information content (AvgIpc) is 2.31. The summed E-state index contributed by atoms with van der Waals surface area (Å²) in [5, 5.41) is 42.9. The van der Waals surface area contributed by atoms with Gasteiger partial charge in [0.15, 0.2) is 0 Å². The summed E-state index contributed by atoms with van der Waals surface area (Å²) in [6.07, 6.45) is 0.222. The zero-order valence-corrected chi connectivity index (χ0v) is 11.7. The SMILES string of the molecule is CCC(=O)O.CN(C)C.O=[N+]([O-])C(CO)(CO)CO. The third-order valence-electron chi connectivity index (χ3n) is 1.57. The molecule has 0 amide bonds. The predicted molar refractivity (Wildman–Crippen MR) is 68.5 cm³/mol. The number of hydrogen-bond donors (Lipinski definition) is 4. The van der Waals surface area contributed by atoms with Gasteiger partial charge in [-0.05, 0) is 21.1 Å². The van der Waals surface area contributed by atoms with Gasteiger partial charge in [-0.25, -0.2) is 0 Å². The predicted octanol–water partition coefficient (Wildman–Crippen LogP) is -1.36. The molecule has 9 heteroatoms. The molecule has 0 aliphatic carbocycles. The van der Waals surface area contributed by atoms with Crippen LogP contribution in [0.4, 0.5) is 0 Å². The monoisotopic (exact) mass is 284 g/mol. The molecule has 9 nitrogen and oxygen atoms in total. The van der Waals surface area contributed by atoms with Crippen LogP contribution in [-0.4, -0.2) is 82.7 Å². The molecule has 0 unspecified atom stereocenters. The first-order valence-electron chi connectivity index (χ1n) is 5.43. The highest BCUT2D eigenvalue weighted by Gasteiger charge is 2.41. The number of nitrogens with zero attached hydrogens (tertiary/aromatic N) is 2. The van der Waals surface area contributed by atoms with Crippen LogP contribution in [0.15, 0.2) is 0 Å². The Kier molecular flexibility index (Phi) is 15.8. The Labute approximate surface area is 112 Å². The zero-order valence-electron chi connectivity index (χ0n) is 11.7. The number of rotatable bonds is 5. The number of nitro groups is 1. The minimum atomic E-state index is -1.99. The molecule has 0 aliphatic heterocycles. The summed E-state index contributed by atoms with van der Waals surface area (Å²) in [7, 11) is 6.00. The number of carboxylic acids is 1. The molecule has 0 saturated heterocycles. The standard InChI is InChI=1S/C4H9NO5.C3H9N.C3H6O2/c6-1-4(2-7,3-8)5(9)10;1-4(2)3;1-2-3(4)5/h6-8H,1-3H2;1-3H3;2H2,1H3,(H,4,5). The van der Waals surface area contributed by atoms with Crippen LogP contribution in [0.3, 0.4) is 0 Å². The number of aliphatic carboxylic acids is 1. The van der Waals surface area contributed by atoms with Crippen LogP contribution < -0.4 is 0 Å². The number of carbonyl (C=O) groups is 1. The van der Waals surface area contributed by atoms with E-state index in [1.807, 2.05) is 26.0 Å². The summed E-state index contributed by atoms with van der Waals surface area (Å²) in [5.74, 6) is -0.745. The molecule has 19 heavy (non-hydrogen) atoms. The van der Waals surface area contributed by atoms with E-state index in [1.54, 1.807) is 6.92 Å². The van der Waals surface area contributed by atoms with Crippen molar-refractivity contribution in [3.8, 4) is 0 Å². The van der Waals surface area contributed by atoms with Gasteiger partial charge in [-0.2, -0.15) is 0 Å². The van der Waals surface area contributed by atoms with Crippen molar-refractivity contribution in [2.75, 3.05) is 41.0 Å². The first-order valence-corrected chi connectivity index (χ1v) is 5.43. The normalized spacial score (nSPS) is 9.89. The summed E-state index contributed by atoms with van der Waals surface area (Å²) in [6.45, 7) is -1.00. The van der Waals surface area contributed by atoms with Crippen LogP contribution in [-0.2, 0) is 4.79 Å². The van der Waals surface area contributed by atoms with E-state index in [4.69, 9.17) is 20.4 Å². The highest BCUT2D eigenvalue weighted by Crippen LogP contribution is 2.05. The summed E-state index contributed by atoms with van der Waals surface area (Å²) in [4.78, 5) is 20.5. The van der Waals surface area contributed by atoms with Crippen molar-refractivity contribution in [2.24, 2.45) is 0 Å². The fourth-order valence-electron chi connectivity index (χ4n) is 0.323. The molecule has 0 atom stereocenters. The maximum atomic E-state index is 10.0. The third kappa shape index (κ3) is 14.7. The van der Waals surface area contributed by atoms with E-state index < -0.39 is 36.3 Å². The largest absolute Gasteiger partial charge is 0.481 e. The first kappa shape index (κ1) is 22.9. The molecular weight excluding hydrogens is 260 g/mol. The van der Waals surface area contributed by atoms with Crippen LogP contribution in [0, 0.1) is 10.1 Å². The van der Waals surface area contributed by atoms with Crippen LogP contribution in [0.2, 0.25) is 0 Å². The van der Waals surface area contributed by atoms with Crippen molar-refractivity contribution in [3.05, 3.63) is 10.1 Å². The molecule has 0 bridgehead atoms. The highest BCUT2D eigenvalue weighted by atomic mass is 16.6. The highest BCUT2D eigenvalue weighted by molar-refractivity contribution is 5.66. The molecule has 0 radical (unpaired) electrons. The van der Waals surface area contributed by atoms with Crippen molar-refractivity contribution < 1.29 is 30.1 Å². The fraction of sp³-hybridized carbons (Fsp3) is 0.900. The Hall–Kier alpha value is -1.29. The lowest BCUT2D eigenvalue weighted by Gasteiger charge is -2.16. The maximum Gasteiger partial charge on any atom is 0.303 e. The second kappa shape index (κ2) is 13.1. The Morgan fingerprint density at radius 3 is 1.37 bits per heavy atom. The van der Waals surface area contributed by atoms with E-state index in [2.05, 4.69) is 0 Å². The average molecular weight is 284 g/mol. The van der Waals surface area contributed by atoms with Crippen LogP contribution in [0.1, 0.15) is 13.3 Å². The topological polar surface area (TPSA) is 144 Å².